The van der Waals surface area contributed by atoms with Crippen LogP contribution in [-0.2, 0) is 0 Å². The lowest BCUT2D eigenvalue weighted by molar-refractivity contribution is 0.102. The topological polar surface area (TPSA) is 47.6 Å². The Morgan fingerprint density at radius 2 is 1.64 bits per heavy atom. The van der Waals surface area contributed by atoms with Crippen molar-refractivity contribution < 1.29 is 14.3 Å². The van der Waals surface area contributed by atoms with Gasteiger partial charge in [-0.25, -0.2) is 0 Å². The second kappa shape index (κ2) is 8.73. The molecule has 0 heterocycles. The molecule has 2 aromatic rings. The van der Waals surface area contributed by atoms with Crippen LogP contribution < -0.4 is 14.8 Å². The number of amides is 1. The summed E-state index contributed by atoms with van der Waals surface area (Å²) in [7, 11) is 0. The highest BCUT2D eigenvalue weighted by Gasteiger charge is 2.11. The van der Waals surface area contributed by atoms with E-state index in [1.54, 1.807) is 24.3 Å². The van der Waals surface area contributed by atoms with Gasteiger partial charge in [0.2, 0.25) is 0 Å². The van der Waals surface area contributed by atoms with Crippen LogP contribution in [0.5, 0.6) is 11.5 Å². The van der Waals surface area contributed by atoms with Crippen LogP contribution in [0.1, 0.15) is 24.2 Å². The molecule has 0 atom stereocenters. The van der Waals surface area contributed by atoms with Crippen molar-refractivity contribution in [2.24, 2.45) is 0 Å². The smallest absolute Gasteiger partial charge is 0.255 e. The van der Waals surface area contributed by atoms with Gasteiger partial charge in [0.05, 0.1) is 5.69 Å². The number of rotatable bonds is 8. The third-order valence-corrected chi connectivity index (χ3v) is 3.19. The average molecular weight is 337 g/mol. The van der Waals surface area contributed by atoms with Gasteiger partial charge >= 0.3 is 0 Å². The van der Waals surface area contributed by atoms with Gasteiger partial charge in [-0.15, -0.1) is 0 Å². The van der Waals surface area contributed by atoms with Gasteiger partial charge in [0.25, 0.3) is 5.91 Å². The van der Waals surface area contributed by atoms with Crippen molar-refractivity contribution in [2.75, 3.05) is 18.5 Å². The minimum Gasteiger partial charge on any atom is -0.489 e. The summed E-state index contributed by atoms with van der Waals surface area (Å²) in [6, 6.07) is 14.3. The van der Waals surface area contributed by atoms with Gasteiger partial charge in [0.15, 0.2) is 0 Å². The van der Waals surface area contributed by atoms with Crippen LogP contribution in [-0.4, -0.2) is 19.1 Å². The third-order valence-electron chi connectivity index (χ3n) is 3.19. The van der Waals surface area contributed by atoms with E-state index in [-0.39, 0.29) is 5.91 Å². The van der Waals surface area contributed by atoms with Crippen LogP contribution in [0.25, 0.3) is 0 Å². The zero-order valence-corrected chi connectivity index (χ0v) is 14.7. The molecule has 0 aliphatic carbocycles. The molecule has 2 aromatic carbocycles. The van der Waals surface area contributed by atoms with Crippen LogP contribution in [0.15, 0.2) is 72.8 Å². The first kappa shape index (κ1) is 18.3. The first-order valence-corrected chi connectivity index (χ1v) is 8.00. The maximum absolute atomic E-state index is 12.5. The van der Waals surface area contributed by atoms with Gasteiger partial charge in [-0.1, -0.05) is 31.4 Å². The van der Waals surface area contributed by atoms with Crippen molar-refractivity contribution >= 4 is 11.6 Å². The number of anilines is 1. The SMILES string of the molecule is C=C(C)COc1cccc(C(=O)Nc2ccccc2OCC(=C)C)c1. The fourth-order valence-corrected chi connectivity index (χ4v) is 2.02. The van der Waals surface area contributed by atoms with Gasteiger partial charge in [-0.05, 0) is 55.3 Å². The summed E-state index contributed by atoms with van der Waals surface area (Å²) in [6.45, 7) is 12.2. The molecule has 0 radical (unpaired) electrons. The minimum atomic E-state index is -0.229. The average Bonchev–Trinajstić information content (AvgIpc) is 2.59. The fourth-order valence-electron chi connectivity index (χ4n) is 2.02. The first-order valence-electron chi connectivity index (χ1n) is 8.00. The Morgan fingerprint density at radius 3 is 2.36 bits per heavy atom. The Balaban J connectivity index is 2.10. The van der Waals surface area contributed by atoms with Crippen LogP contribution in [0.2, 0.25) is 0 Å². The summed E-state index contributed by atoms with van der Waals surface area (Å²) < 4.78 is 11.3. The van der Waals surface area contributed by atoms with Crippen LogP contribution in [0.3, 0.4) is 0 Å². The molecule has 0 aliphatic heterocycles. The minimum absolute atomic E-state index is 0.229. The standard InChI is InChI=1S/C21H23NO3/c1-15(2)13-24-18-9-7-8-17(12-18)21(23)22-19-10-5-6-11-20(19)25-14-16(3)4/h5-12H,1,3,13-14H2,2,4H3,(H,22,23). The maximum atomic E-state index is 12.5. The number of nitrogens with one attached hydrogen (secondary N) is 1. The number of hydrogen-bond acceptors (Lipinski definition) is 3. The summed E-state index contributed by atoms with van der Waals surface area (Å²) in [5.41, 5.74) is 2.94. The van der Waals surface area contributed by atoms with E-state index in [1.807, 2.05) is 38.1 Å². The van der Waals surface area contributed by atoms with Gasteiger partial charge in [0.1, 0.15) is 24.7 Å². The van der Waals surface area contributed by atoms with Crippen molar-refractivity contribution in [1.29, 1.82) is 0 Å². The molecule has 0 saturated carbocycles. The molecule has 2 rings (SSSR count). The quantitative estimate of drug-likeness (QED) is 0.701. The van der Waals surface area contributed by atoms with E-state index in [4.69, 9.17) is 9.47 Å². The highest BCUT2D eigenvalue weighted by molar-refractivity contribution is 6.05. The second-order valence-corrected chi connectivity index (χ2v) is 5.97. The number of carbonyl (C=O) groups excluding carboxylic acids is 1. The van der Waals surface area contributed by atoms with E-state index in [2.05, 4.69) is 18.5 Å². The molecule has 0 spiro atoms. The predicted molar refractivity (Wildman–Crippen MR) is 101 cm³/mol. The molecule has 1 amide bonds. The molecule has 0 aliphatic rings. The van der Waals surface area contributed by atoms with Gasteiger partial charge in [-0.3, -0.25) is 4.79 Å². The molecule has 4 heteroatoms. The summed E-state index contributed by atoms with van der Waals surface area (Å²) >= 11 is 0. The monoisotopic (exact) mass is 337 g/mol. The molecule has 4 nitrogen and oxygen atoms in total. The number of hydrogen-bond donors (Lipinski definition) is 1. The first-order chi connectivity index (χ1) is 12.0. The van der Waals surface area contributed by atoms with E-state index in [1.165, 1.54) is 0 Å². The van der Waals surface area contributed by atoms with E-state index in [0.717, 1.165) is 11.1 Å². The molecular formula is C21H23NO3. The van der Waals surface area contributed by atoms with E-state index >= 15 is 0 Å². The Kier molecular flexibility index (Phi) is 6.40. The zero-order chi connectivity index (χ0) is 18.2. The van der Waals surface area contributed by atoms with Crippen molar-refractivity contribution in [1.82, 2.24) is 0 Å². The normalized spacial score (nSPS) is 10.0. The predicted octanol–water partition coefficient (Wildman–Crippen LogP) is 4.85. The molecule has 1 N–H and O–H groups in total. The lowest BCUT2D eigenvalue weighted by atomic mass is 10.2. The fraction of sp³-hybridized carbons (Fsp3) is 0.190. The molecule has 0 bridgehead atoms. The molecular weight excluding hydrogens is 314 g/mol. The Morgan fingerprint density at radius 1 is 0.960 bits per heavy atom. The Bertz CT molecular complexity index is 780. The van der Waals surface area contributed by atoms with Crippen molar-refractivity contribution in [2.45, 2.75) is 13.8 Å². The zero-order valence-electron chi connectivity index (χ0n) is 14.7. The van der Waals surface area contributed by atoms with Gasteiger partial charge in [0, 0.05) is 5.56 Å². The number of ether oxygens (including phenoxy) is 2. The number of para-hydroxylation sites is 2. The third kappa shape index (κ3) is 5.84. The van der Waals surface area contributed by atoms with Crippen molar-refractivity contribution in [3.63, 3.8) is 0 Å². The molecule has 25 heavy (non-hydrogen) atoms. The lowest BCUT2D eigenvalue weighted by Gasteiger charge is -2.13. The van der Waals surface area contributed by atoms with Gasteiger partial charge in [-0.2, -0.15) is 0 Å². The van der Waals surface area contributed by atoms with Gasteiger partial charge < -0.3 is 14.8 Å². The summed E-state index contributed by atoms with van der Waals surface area (Å²) in [5.74, 6) is 1.00. The lowest BCUT2D eigenvalue weighted by Crippen LogP contribution is -2.13. The summed E-state index contributed by atoms with van der Waals surface area (Å²) in [6.07, 6.45) is 0. The maximum Gasteiger partial charge on any atom is 0.255 e. The summed E-state index contributed by atoms with van der Waals surface area (Å²) in [5, 5.41) is 2.88. The van der Waals surface area contributed by atoms with E-state index in [0.29, 0.717) is 36.0 Å². The second-order valence-electron chi connectivity index (χ2n) is 5.97. The Labute approximate surface area is 148 Å². The number of benzene rings is 2. The molecule has 0 fully saturated rings. The molecule has 0 saturated heterocycles. The largest absolute Gasteiger partial charge is 0.489 e. The number of carbonyl (C=O) groups is 1. The van der Waals surface area contributed by atoms with Crippen molar-refractivity contribution in [3.05, 3.63) is 78.4 Å². The van der Waals surface area contributed by atoms with Crippen LogP contribution in [0, 0.1) is 0 Å². The molecule has 0 unspecified atom stereocenters. The Hall–Kier alpha value is -3.01. The molecule has 130 valence electrons. The summed E-state index contributed by atoms with van der Waals surface area (Å²) in [4.78, 5) is 12.5. The van der Waals surface area contributed by atoms with Crippen LogP contribution in [0.4, 0.5) is 5.69 Å². The van der Waals surface area contributed by atoms with E-state index < -0.39 is 0 Å². The van der Waals surface area contributed by atoms with Crippen LogP contribution >= 0.6 is 0 Å². The molecule has 0 aromatic heterocycles. The van der Waals surface area contributed by atoms with Crippen molar-refractivity contribution in [3.8, 4) is 11.5 Å². The highest BCUT2D eigenvalue weighted by Crippen LogP contribution is 2.25. The van der Waals surface area contributed by atoms with E-state index in [9.17, 15) is 4.79 Å². The highest BCUT2D eigenvalue weighted by atomic mass is 16.5.